The van der Waals surface area contributed by atoms with Gasteiger partial charge in [0.15, 0.2) is 5.13 Å². The summed E-state index contributed by atoms with van der Waals surface area (Å²) in [5.41, 5.74) is 1.50. The van der Waals surface area contributed by atoms with Crippen LogP contribution in [0.25, 0.3) is 10.2 Å². The Bertz CT molecular complexity index is 1400. The number of benzene rings is 1. The van der Waals surface area contributed by atoms with E-state index in [1.807, 2.05) is 30.3 Å². The predicted molar refractivity (Wildman–Crippen MR) is 133 cm³/mol. The molecule has 1 amide bonds. The van der Waals surface area contributed by atoms with Gasteiger partial charge >= 0.3 is 0 Å². The van der Waals surface area contributed by atoms with E-state index in [2.05, 4.69) is 4.98 Å². The third-order valence-electron chi connectivity index (χ3n) is 5.70. The van der Waals surface area contributed by atoms with E-state index in [0.29, 0.717) is 35.8 Å². The van der Waals surface area contributed by atoms with Gasteiger partial charge in [-0.15, -0.1) is 11.3 Å². The molecule has 176 valence electrons. The van der Waals surface area contributed by atoms with Crippen molar-refractivity contribution in [2.75, 3.05) is 18.6 Å². The number of hydrogen-bond donors (Lipinski definition) is 0. The monoisotopic (exact) mass is 514 g/mol. The lowest BCUT2D eigenvalue weighted by atomic mass is 10.2. The molecule has 1 atom stereocenters. The summed E-state index contributed by atoms with van der Waals surface area (Å²) >= 11 is 2.53. The van der Waals surface area contributed by atoms with Crippen molar-refractivity contribution in [1.82, 2.24) is 14.3 Å². The zero-order valence-corrected chi connectivity index (χ0v) is 20.8. The Morgan fingerprint density at radius 3 is 2.85 bits per heavy atom. The van der Waals surface area contributed by atoms with Crippen LogP contribution in [0, 0.1) is 0 Å². The number of aromatic nitrogens is 2. The Kier molecular flexibility index (Phi) is 6.34. The molecule has 0 spiro atoms. The first-order valence-corrected chi connectivity index (χ1v) is 13.8. The summed E-state index contributed by atoms with van der Waals surface area (Å²) in [6, 6.07) is 11.8. The van der Waals surface area contributed by atoms with Gasteiger partial charge in [0.1, 0.15) is 21.5 Å². The van der Waals surface area contributed by atoms with E-state index < -0.39 is 16.1 Å². The normalized spacial score (nSPS) is 16.7. The maximum atomic E-state index is 13.9. The Hall–Kier alpha value is -2.86. The molecule has 0 bridgehead atoms. The van der Waals surface area contributed by atoms with Crippen LogP contribution in [0.1, 0.15) is 18.4 Å². The van der Waals surface area contributed by atoms with Crippen molar-refractivity contribution in [3.05, 3.63) is 65.8 Å². The van der Waals surface area contributed by atoms with Crippen molar-refractivity contribution in [2.45, 2.75) is 29.6 Å². The molecule has 1 aliphatic rings. The van der Waals surface area contributed by atoms with Gasteiger partial charge in [0.25, 0.3) is 10.0 Å². The van der Waals surface area contributed by atoms with E-state index in [1.165, 1.54) is 15.6 Å². The maximum absolute atomic E-state index is 13.9. The first kappa shape index (κ1) is 22.9. The molecule has 3 aromatic heterocycles. The number of thiazole rings is 1. The first-order chi connectivity index (χ1) is 16.5. The number of carbonyl (C=O) groups excluding carboxylic acids is 1. The summed E-state index contributed by atoms with van der Waals surface area (Å²) in [7, 11) is -2.18. The number of pyridine rings is 1. The fourth-order valence-corrected chi connectivity index (χ4v) is 7.84. The molecule has 8 nitrogen and oxygen atoms in total. The second-order valence-corrected chi connectivity index (χ2v) is 11.9. The van der Waals surface area contributed by atoms with E-state index >= 15 is 0 Å². The van der Waals surface area contributed by atoms with Crippen molar-refractivity contribution in [2.24, 2.45) is 0 Å². The van der Waals surface area contributed by atoms with E-state index in [9.17, 15) is 13.2 Å². The third-order valence-corrected chi connectivity index (χ3v) is 10.0. The average Bonchev–Trinajstić information content (AvgIpc) is 3.62. The number of amides is 1. The Labute approximate surface area is 205 Å². The summed E-state index contributed by atoms with van der Waals surface area (Å²) in [4.78, 5) is 24.4. The highest BCUT2D eigenvalue weighted by Crippen LogP contribution is 2.36. The number of thiophene rings is 1. The zero-order valence-electron chi connectivity index (χ0n) is 18.3. The maximum Gasteiger partial charge on any atom is 0.253 e. The molecule has 1 fully saturated rings. The molecule has 0 radical (unpaired) electrons. The molecule has 4 aromatic rings. The summed E-state index contributed by atoms with van der Waals surface area (Å²) in [6.07, 6.45) is 4.45. The second kappa shape index (κ2) is 9.41. The van der Waals surface area contributed by atoms with Crippen LogP contribution in [0.5, 0.6) is 5.75 Å². The lowest BCUT2D eigenvalue weighted by molar-refractivity contribution is -0.121. The molecule has 11 heteroatoms. The first-order valence-electron chi connectivity index (χ1n) is 10.7. The van der Waals surface area contributed by atoms with Gasteiger partial charge in [-0.25, -0.2) is 13.4 Å². The topological polar surface area (TPSA) is 92.7 Å². The number of rotatable bonds is 7. The van der Waals surface area contributed by atoms with E-state index in [-0.39, 0.29) is 16.7 Å². The molecule has 4 heterocycles. The summed E-state index contributed by atoms with van der Waals surface area (Å²) < 4.78 is 34.5. The van der Waals surface area contributed by atoms with Crippen molar-refractivity contribution in [3.8, 4) is 5.75 Å². The second-order valence-electron chi connectivity index (χ2n) is 7.79. The van der Waals surface area contributed by atoms with Gasteiger partial charge in [0.05, 0.1) is 18.4 Å². The van der Waals surface area contributed by atoms with E-state index in [4.69, 9.17) is 9.72 Å². The average molecular weight is 515 g/mol. The van der Waals surface area contributed by atoms with Crippen molar-refractivity contribution < 1.29 is 17.9 Å². The Morgan fingerprint density at radius 2 is 2.12 bits per heavy atom. The number of hydrogen-bond acceptors (Lipinski definition) is 8. The van der Waals surface area contributed by atoms with Crippen LogP contribution in [0.2, 0.25) is 0 Å². The number of fused-ring (bicyclic) bond motifs is 1. The number of anilines is 1. The van der Waals surface area contributed by atoms with Crippen LogP contribution in [-0.4, -0.2) is 48.3 Å². The zero-order chi connectivity index (χ0) is 23.7. The number of ether oxygens (including phenoxy) is 1. The molecule has 0 saturated carbocycles. The molecule has 34 heavy (non-hydrogen) atoms. The highest BCUT2D eigenvalue weighted by Gasteiger charge is 2.42. The van der Waals surface area contributed by atoms with E-state index in [0.717, 1.165) is 21.6 Å². The largest absolute Gasteiger partial charge is 0.494 e. The molecule has 1 unspecified atom stereocenters. The lowest BCUT2D eigenvalue weighted by Gasteiger charge is -2.28. The predicted octanol–water partition coefficient (Wildman–Crippen LogP) is 4.15. The third kappa shape index (κ3) is 4.20. The van der Waals surface area contributed by atoms with Crippen LogP contribution in [-0.2, 0) is 21.4 Å². The highest BCUT2D eigenvalue weighted by molar-refractivity contribution is 7.91. The van der Waals surface area contributed by atoms with Crippen molar-refractivity contribution in [3.63, 3.8) is 0 Å². The minimum absolute atomic E-state index is 0.234. The molecule has 0 N–H and O–H groups in total. The Balaban J connectivity index is 1.54. The van der Waals surface area contributed by atoms with Gasteiger partial charge in [-0.3, -0.25) is 14.7 Å². The molecular weight excluding hydrogens is 492 g/mol. The van der Waals surface area contributed by atoms with E-state index in [1.54, 1.807) is 41.9 Å². The van der Waals surface area contributed by atoms with Crippen LogP contribution in [0.4, 0.5) is 5.13 Å². The molecule has 5 rings (SSSR count). The number of methoxy groups -OCH3 is 1. The number of sulfonamides is 1. The van der Waals surface area contributed by atoms with Gasteiger partial charge < -0.3 is 4.74 Å². The fourth-order valence-electron chi connectivity index (χ4n) is 4.09. The van der Waals surface area contributed by atoms with Crippen molar-refractivity contribution >= 4 is 54.0 Å². The van der Waals surface area contributed by atoms with Crippen molar-refractivity contribution in [1.29, 1.82) is 0 Å². The minimum Gasteiger partial charge on any atom is -0.494 e. The van der Waals surface area contributed by atoms with Crippen LogP contribution < -0.4 is 9.64 Å². The smallest absolute Gasteiger partial charge is 0.253 e. The summed E-state index contributed by atoms with van der Waals surface area (Å²) in [5, 5.41) is 2.22. The molecule has 1 aromatic carbocycles. The summed E-state index contributed by atoms with van der Waals surface area (Å²) in [5.74, 6) is 0.330. The number of nitrogens with zero attached hydrogens (tertiary/aromatic N) is 4. The fraction of sp³-hybridized carbons (Fsp3) is 0.261. The SMILES string of the molecule is COc1cccc2sc(N(Cc3cccnc3)C(=O)C3CCCN3S(=O)(=O)c3cccs3)nc12. The molecule has 1 saturated heterocycles. The quantitative estimate of drug-likeness (QED) is 0.368. The van der Waals surface area contributed by atoms with Crippen LogP contribution in [0.15, 0.2) is 64.4 Å². The number of para-hydroxylation sites is 1. The minimum atomic E-state index is -3.76. The standard InChI is InChI=1S/C23H22N4O4S3/c1-31-18-8-2-9-19-21(18)25-23(33-19)26(15-16-6-3-11-24-14-16)22(28)17-7-4-12-27(17)34(29,30)20-10-5-13-32-20/h2-3,5-6,8-11,13-14,17H,4,7,12,15H2,1H3. The van der Waals surface area contributed by atoms with Crippen LogP contribution >= 0.6 is 22.7 Å². The molecular formula is C23H22N4O4S3. The lowest BCUT2D eigenvalue weighted by Crippen LogP contribution is -2.47. The van der Waals surface area contributed by atoms with Gasteiger partial charge in [-0.2, -0.15) is 4.31 Å². The van der Waals surface area contributed by atoms with Crippen LogP contribution in [0.3, 0.4) is 0 Å². The molecule has 1 aliphatic heterocycles. The number of carbonyl (C=O) groups is 1. The van der Waals surface area contributed by atoms with Gasteiger partial charge in [0, 0.05) is 18.9 Å². The summed E-state index contributed by atoms with van der Waals surface area (Å²) in [6.45, 7) is 0.545. The van der Waals surface area contributed by atoms with Gasteiger partial charge in [-0.05, 0) is 48.1 Å². The molecule has 0 aliphatic carbocycles. The Morgan fingerprint density at radius 1 is 1.24 bits per heavy atom. The highest BCUT2D eigenvalue weighted by atomic mass is 32.2. The van der Waals surface area contributed by atoms with Gasteiger partial charge in [-0.1, -0.05) is 29.5 Å². The van der Waals surface area contributed by atoms with Gasteiger partial charge in [0.2, 0.25) is 5.91 Å².